The molecule has 1 aliphatic rings. The predicted molar refractivity (Wildman–Crippen MR) is 74.0 cm³/mol. The van der Waals surface area contributed by atoms with Crippen molar-refractivity contribution in [1.29, 1.82) is 0 Å². The minimum atomic E-state index is -0.990. The van der Waals surface area contributed by atoms with Gasteiger partial charge in [-0.15, -0.1) is 0 Å². The lowest BCUT2D eigenvalue weighted by atomic mass is 9.83. The monoisotopic (exact) mass is 270 g/mol. The molecule has 1 atom stereocenters. The lowest BCUT2D eigenvalue weighted by molar-refractivity contribution is -0.140. The molecule has 0 spiro atoms. The van der Waals surface area contributed by atoms with Gasteiger partial charge in [0.1, 0.15) is 6.04 Å². The Balaban J connectivity index is 2.44. The maximum absolute atomic E-state index is 11.8. The van der Waals surface area contributed by atoms with Gasteiger partial charge in [0.2, 0.25) is 0 Å². The zero-order chi connectivity index (χ0) is 14.5. The molecule has 1 unspecified atom stereocenters. The van der Waals surface area contributed by atoms with Gasteiger partial charge in [-0.25, -0.2) is 9.59 Å². The molecule has 0 aliphatic heterocycles. The van der Waals surface area contributed by atoms with E-state index in [1.54, 1.807) is 13.8 Å². The molecule has 2 amide bonds. The fraction of sp³-hybridized carbons (Fsp3) is 0.857. The van der Waals surface area contributed by atoms with Crippen molar-refractivity contribution in [2.45, 2.75) is 58.9 Å². The van der Waals surface area contributed by atoms with Gasteiger partial charge in [-0.05, 0) is 30.6 Å². The van der Waals surface area contributed by atoms with Crippen LogP contribution >= 0.6 is 0 Å². The van der Waals surface area contributed by atoms with Gasteiger partial charge in [0.15, 0.2) is 0 Å². The number of carboxylic acids is 1. The zero-order valence-electron chi connectivity index (χ0n) is 12.2. The van der Waals surface area contributed by atoms with Crippen molar-refractivity contribution in [3.05, 3.63) is 0 Å². The first-order valence-electron chi connectivity index (χ1n) is 7.17. The number of urea groups is 1. The Morgan fingerprint density at radius 3 is 2.26 bits per heavy atom. The molecule has 1 aliphatic carbocycles. The molecule has 1 rings (SSSR count). The van der Waals surface area contributed by atoms with Crippen LogP contribution in [0.2, 0.25) is 0 Å². The molecule has 1 fully saturated rings. The summed E-state index contributed by atoms with van der Waals surface area (Å²) in [5.41, 5.74) is 0.216. The first-order valence-corrected chi connectivity index (χ1v) is 7.17. The first kappa shape index (κ1) is 15.8. The molecule has 5 nitrogen and oxygen atoms in total. The lowest BCUT2D eigenvalue weighted by Gasteiger charge is -2.28. The Morgan fingerprint density at radius 2 is 1.84 bits per heavy atom. The standard InChI is InChI=1S/C14H26N2O3/c1-4-14(7-5-6-8-14)9-15-13(19)16-11(10(2)3)12(17)18/h10-11H,4-9H2,1-3H3,(H,17,18)(H2,15,16,19). The van der Waals surface area contributed by atoms with Gasteiger partial charge in [-0.2, -0.15) is 0 Å². The summed E-state index contributed by atoms with van der Waals surface area (Å²) in [6.07, 6.45) is 5.80. The topological polar surface area (TPSA) is 78.4 Å². The number of nitrogens with one attached hydrogen (secondary N) is 2. The molecule has 3 N–H and O–H groups in total. The summed E-state index contributed by atoms with van der Waals surface area (Å²) >= 11 is 0. The summed E-state index contributed by atoms with van der Waals surface area (Å²) in [7, 11) is 0. The Kier molecular flexibility index (Phi) is 5.63. The minimum absolute atomic E-state index is 0.130. The summed E-state index contributed by atoms with van der Waals surface area (Å²) < 4.78 is 0. The van der Waals surface area contributed by atoms with Crippen LogP contribution in [0.3, 0.4) is 0 Å². The van der Waals surface area contributed by atoms with Gasteiger partial charge in [0.25, 0.3) is 0 Å². The molecule has 110 valence electrons. The van der Waals surface area contributed by atoms with Crippen molar-refractivity contribution in [2.24, 2.45) is 11.3 Å². The van der Waals surface area contributed by atoms with Crippen molar-refractivity contribution < 1.29 is 14.7 Å². The molecule has 0 aromatic carbocycles. The van der Waals surface area contributed by atoms with Gasteiger partial charge in [-0.1, -0.05) is 33.6 Å². The molecule has 19 heavy (non-hydrogen) atoms. The minimum Gasteiger partial charge on any atom is -0.480 e. The fourth-order valence-corrected chi connectivity index (χ4v) is 2.75. The van der Waals surface area contributed by atoms with Crippen LogP contribution in [0.4, 0.5) is 4.79 Å². The van der Waals surface area contributed by atoms with Crippen LogP contribution in [0.1, 0.15) is 52.9 Å². The van der Waals surface area contributed by atoms with Crippen LogP contribution in [0.5, 0.6) is 0 Å². The first-order chi connectivity index (χ1) is 8.90. The molecule has 5 heteroatoms. The molecule has 0 saturated heterocycles. The van der Waals surface area contributed by atoms with E-state index in [9.17, 15) is 9.59 Å². The SMILES string of the molecule is CCC1(CNC(=O)NC(C(=O)O)C(C)C)CCCC1. The number of rotatable bonds is 6. The van der Waals surface area contributed by atoms with Crippen LogP contribution < -0.4 is 10.6 Å². The maximum atomic E-state index is 11.8. The van der Waals surface area contributed by atoms with E-state index in [1.807, 2.05) is 0 Å². The van der Waals surface area contributed by atoms with Crippen molar-refractivity contribution in [3.63, 3.8) is 0 Å². The van der Waals surface area contributed by atoms with Crippen molar-refractivity contribution in [1.82, 2.24) is 10.6 Å². The van der Waals surface area contributed by atoms with Gasteiger partial charge >= 0.3 is 12.0 Å². The van der Waals surface area contributed by atoms with Crippen molar-refractivity contribution >= 4 is 12.0 Å². The summed E-state index contributed by atoms with van der Waals surface area (Å²) in [4.78, 5) is 22.8. The molecular formula is C14H26N2O3. The molecule has 0 radical (unpaired) electrons. The van der Waals surface area contributed by atoms with E-state index in [2.05, 4.69) is 17.6 Å². The van der Waals surface area contributed by atoms with E-state index in [0.717, 1.165) is 19.3 Å². The second-order valence-electron chi connectivity index (χ2n) is 5.95. The number of aliphatic carboxylic acids is 1. The maximum Gasteiger partial charge on any atom is 0.326 e. The molecule has 0 aromatic heterocycles. The molecule has 0 bridgehead atoms. The van der Waals surface area contributed by atoms with E-state index < -0.39 is 12.0 Å². The van der Waals surface area contributed by atoms with Crippen LogP contribution in [0.15, 0.2) is 0 Å². The highest BCUT2D eigenvalue weighted by molar-refractivity contribution is 5.82. The second-order valence-corrected chi connectivity index (χ2v) is 5.95. The van der Waals surface area contributed by atoms with Crippen LogP contribution in [-0.2, 0) is 4.79 Å². The van der Waals surface area contributed by atoms with Gasteiger partial charge in [-0.3, -0.25) is 0 Å². The van der Waals surface area contributed by atoms with E-state index in [1.165, 1.54) is 12.8 Å². The van der Waals surface area contributed by atoms with E-state index >= 15 is 0 Å². The van der Waals surface area contributed by atoms with E-state index in [4.69, 9.17) is 5.11 Å². The lowest BCUT2D eigenvalue weighted by Crippen LogP contribution is -2.50. The Labute approximate surface area is 115 Å². The summed E-state index contributed by atoms with van der Waals surface area (Å²) in [5.74, 6) is -1.12. The van der Waals surface area contributed by atoms with E-state index in [-0.39, 0.29) is 17.4 Å². The number of hydrogen-bond donors (Lipinski definition) is 3. The average Bonchev–Trinajstić information content (AvgIpc) is 2.82. The molecule has 0 aromatic rings. The number of carboxylic acid groups (broad SMARTS) is 1. The zero-order valence-corrected chi connectivity index (χ0v) is 12.2. The van der Waals surface area contributed by atoms with E-state index in [0.29, 0.717) is 6.54 Å². The summed E-state index contributed by atoms with van der Waals surface area (Å²) in [5, 5.41) is 14.4. The van der Waals surface area contributed by atoms with Crippen LogP contribution in [0, 0.1) is 11.3 Å². The molecule has 0 heterocycles. The normalized spacial score (nSPS) is 19.2. The largest absolute Gasteiger partial charge is 0.480 e. The number of carbonyl (C=O) groups is 2. The van der Waals surface area contributed by atoms with Crippen molar-refractivity contribution in [3.8, 4) is 0 Å². The second kappa shape index (κ2) is 6.78. The predicted octanol–water partition coefficient (Wildman–Crippen LogP) is 2.37. The van der Waals surface area contributed by atoms with Gasteiger partial charge in [0.05, 0.1) is 0 Å². The highest BCUT2D eigenvalue weighted by Crippen LogP contribution is 2.40. The van der Waals surface area contributed by atoms with Crippen LogP contribution in [0.25, 0.3) is 0 Å². The quantitative estimate of drug-likeness (QED) is 0.693. The highest BCUT2D eigenvalue weighted by atomic mass is 16.4. The third kappa shape index (κ3) is 4.40. The smallest absolute Gasteiger partial charge is 0.326 e. The highest BCUT2D eigenvalue weighted by Gasteiger charge is 2.32. The summed E-state index contributed by atoms with van der Waals surface area (Å²) in [6, 6.07) is -1.21. The number of amides is 2. The average molecular weight is 270 g/mol. The fourth-order valence-electron chi connectivity index (χ4n) is 2.75. The number of carbonyl (C=O) groups excluding carboxylic acids is 1. The summed E-state index contributed by atoms with van der Waals surface area (Å²) in [6.45, 7) is 6.35. The third-order valence-corrected chi connectivity index (χ3v) is 4.26. The molecular weight excluding hydrogens is 244 g/mol. The Morgan fingerprint density at radius 1 is 1.26 bits per heavy atom. The Bertz CT molecular complexity index is 323. The van der Waals surface area contributed by atoms with Crippen LogP contribution in [-0.4, -0.2) is 29.7 Å². The third-order valence-electron chi connectivity index (χ3n) is 4.26. The molecule has 1 saturated carbocycles. The Hall–Kier alpha value is -1.26. The number of hydrogen-bond acceptors (Lipinski definition) is 2. The van der Waals surface area contributed by atoms with Gasteiger partial charge < -0.3 is 15.7 Å². The van der Waals surface area contributed by atoms with Crippen molar-refractivity contribution in [2.75, 3.05) is 6.54 Å². The van der Waals surface area contributed by atoms with Gasteiger partial charge in [0, 0.05) is 6.54 Å².